The van der Waals surface area contributed by atoms with Crippen molar-refractivity contribution in [3.63, 3.8) is 0 Å². The van der Waals surface area contributed by atoms with Crippen molar-refractivity contribution in [3.8, 4) is 0 Å². The molecule has 1 atom stereocenters. The Morgan fingerprint density at radius 1 is 1.05 bits per heavy atom. The molecule has 0 aromatic carbocycles. The third kappa shape index (κ3) is 2.27. The number of amides is 2. The highest BCUT2D eigenvalue weighted by atomic mass is 16.4. The molecule has 2 aliphatic carbocycles. The SMILES string of the molecule is O=C(NC1(C(=O)O)CCC1)N1CCCC1C1CCCC1. The standard InChI is InChI=1S/C15H24N2O3/c18-13(19)15(8-4-9-15)16-14(20)17-10-3-7-12(17)11-5-1-2-6-11/h11-12H,1-10H2,(H,16,20)(H,18,19). The summed E-state index contributed by atoms with van der Waals surface area (Å²) in [5.74, 6) is -0.251. The van der Waals surface area contributed by atoms with Crippen LogP contribution in [0.2, 0.25) is 0 Å². The van der Waals surface area contributed by atoms with Gasteiger partial charge in [0, 0.05) is 12.6 Å². The molecule has 0 aromatic heterocycles. The number of carboxylic acid groups (broad SMARTS) is 1. The maximum absolute atomic E-state index is 12.5. The molecule has 3 aliphatic rings. The number of urea groups is 1. The first-order chi connectivity index (χ1) is 9.62. The van der Waals surface area contributed by atoms with E-state index in [1.807, 2.05) is 4.90 Å². The molecule has 20 heavy (non-hydrogen) atoms. The maximum Gasteiger partial charge on any atom is 0.329 e. The Balaban J connectivity index is 1.65. The van der Waals surface area contributed by atoms with Gasteiger partial charge in [-0.15, -0.1) is 0 Å². The van der Waals surface area contributed by atoms with Crippen molar-refractivity contribution in [1.29, 1.82) is 0 Å². The molecule has 1 unspecified atom stereocenters. The summed E-state index contributed by atoms with van der Waals surface area (Å²) in [5.41, 5.74) is -0.986. The van der Waals surface area contributed by atoms with E-state index in [1.54, 1.807) is 0 Å². The monoisotopic (exact) mass is 280 g/mol. The summed E-state index contributed by atoms with van der Waals surface area (Å²) >= 11 is 0. The predicted molar refractivity (Wildman–Crippen MR) is 74.4 cm³/mol. The molecule has 0 spiro atoms. The number of nitrogens with one attached hydrogen (secondary N) is 1. The molecule has 5 nitrogen and oxygen atoms in total. The van der Waals surface area contributed by atoms with Crippen molar-refractivity contribution in [3.05, 3.63) is 0 Å². The van der Waals surface area contributed by atoms with Gasteiger partial charge in [0.25, 0.3) is 0 Å². The second kappa shape index (κ2) is 5.26. The minimum absolute atomic E-state index is 0.151. The highest BCUT2D eigenvalue weighted by Crippen LogP contribution is 2.37. The zero-order valence-corrected chi connectivity index (χ0v) is 11.9. The van der Waals surface area contributed by atoms with Crippen LogP contribution in [0.25, 0.3) is 0 Å². The van der Waals surface area contributed by atoms with E-state index in [-0.39, 0.29) is 6.03 Å². The lowest BCUT2D eigenvalue weighted by molar-refractivity contribution is -0.148. The summed E-state index contributed by atoms with van der Waals surface area (Å²) in [4.78, 5) is 25.8. The number of rotatable bonds is 3. The molecule has 1 saturated heterocycles. The van der Waals surface area contributed by atoms with Crippen LogP contribution in [0.1, 0.15) is 57.8 Å². The van der Waals surface area contributed by atoms with Gasteiger partial charge >= 0.3 is 12.0 Å². The van der Waals surface area contributed by atoms with Crippen molar-refractivity contribution in [2.24, 2.45) is 5.92 Å². The van der Waals surface area contributed by atoms with Crippen molar-refractivity contribution in [1.82, 2.24) is 10.2 Å². The molecule has 3 rings (SSSR count). The molecular weight excluding hydrogens is 256 g/mol. The first-order valence-corrected chi connectivity index (χ1v) is 7.95. The van der Waals surface area contributed by atoms with Crippen LogP contribution in [0.3, 0.4) is 0 Å². The minimum atomic E-state index is -0.986. The van der Waals surface area contributed by atoms with Crippen molar-refractivity contribution in [2.45, 2.75) is 69.4 Å². The molecule has 5 heteroatoms. The van der Waals surface area contributed by atoms with E-state index in [0.29, 0.717) is 24.8 Å². The van der Waals surface area contributed by atoms with E-state index in [1.165, 1.54) is 25.7 Å². The third-order valence-electron chi connectivity index (χ3n) is 5.47. The van der Waals surface area contributed by atoms with Gasteiger partial charge in [-0.1, -0.05) is 12.8 Å². The summed E-state index contributed by atoms with van der Waals surface area (Å²) in [5, 5.41) is 12.1. The molecule has 3 fully saturated rings. The Hall–Kier alpha value is -1.26. The lowest BCUT2D eigenvalue weighted by Crippen LogP contribution is -2.62. The number of carboxylic acids is 1. The molecule has 1 aliphatic heterocycles. The predicted octanol–water partition coefficient (Wildman–Crippen LogP) is 2.36. The van der Waals surface area contributed by atoms with Crippen LogP contribution in [0.5, 0.6) is 0 Å². The maximum atomic E-state index is 12.5. The highest BCUT2D eigenvalue weighted by Gasteiger charge is 2.47. The first-order valence-electron chi connectivity index (χ1n) is 7.95. The molecule has 0 bridgehead atoms. The lowest BCUT2D eigenvalue weighted by atomic mass is 9.77. The second-order valence-corrected chi connectivity index (χ2v) is 6.62. The van der Waals surface area contributed by atoms with E-state index >= 15 is 0 Å². The van der Waals surface area contributed by atoms with Crippen LogP contribution >= 0.6 is 0 Å². The number of carbonyl (C=O) groups excluding carboxylic acids is 1. The van der Waals surface area contributed by atoms with Crippen LogP contribution < -0.4 is 5.32 Å². The lowest BCUT2D eigenvalue weighted by Gasteiger charge is -2.40. The topological polar surface area (TPSA) is 69.6 Å². The fourth-order valence-corrected chi connectivity index (χ4v) is 4.08. The second-order valence-electron chi connectivity index (χ2n) is 6.62. The molecular formula is C15H24N2O3. The summed E-state index contributed by atoms with van der Waals surface area (Å²) in [7, 11) is 0. The molecule has 2 amide bonds. The highest BCUT2D eigenvalue weighted by molar-refractivity contribution is 5.87. The number of likely N-dealkylation sites (tertiary alicyclic amines) is 1. The average Bonchev–Trinajstić information content (AvgIpc) is 3.01. The summed E-state index contributed by atoms with van der Waals surface area (Å²) in [6.45, 7) is 0.780. The van der Waals surface area contributed by atoms with Crippen LogP contribution in [0, 0.1) is 5.92 Å². The first kappa shape index (κ1) is 13.7. The Morgan fingerprint density at radius 2 is 1.75 bits per heavy atom. The average molecular weight is 280 g/mol. The smallest absolute Gasteiger partial charge is 0.329 e. The normalized spacial score (nSPS) is 29.2. The van der Waals surface area contributed by atoms with Crippen molar-refractivity contribution >= 4 is 12.0 Å². The Morgan fingerprint density at radius 3 is 2.30 bits per heavy atom. The third-order valence-corrected chi connectivity index (χ3v) is 5.47. The molecule has 2 N–H and O–H groups in total. The number of hydrogen-bond acceptors (Lipinski definition) is 2. The molecule has 0 aromatic rings. The fourth-order valence-electron chi connectivity index (χ4n) is 4.08. The molecule has 112 valence electrons. The number of nitrogens with zero attached hydrogens (tertiary/aromatic N) is 1. The van der Waals surface area contributed by atoms with Crippen LogP contribution in [0.4, 0.5) is 4.79 Å². The van der Waals surface area contributed by atoms with Crippen LogP contribution in [-0.4, -0.2) is 40.1 Å². The quantitative estimate of drug-likeness (QED) is 0.833. The van der Waals surface area contributed by atoms with Gasteiger partial charge in [-0.2, -0.15) is 0 Å². The molecule has 2 saturated carbocycles. The zero-order chi connectivity index (χ0) is 14.2. The van der Waals surface area contributed by atoms with Gasteiger partial charge in [-0.25, -0.2) is 9.59 Å². The summed E-state index contributed by atoms with van der Waals surface area (Å²) in [6.07, 6.45) is 9.14. The molecule has 0 radical (unpaired) electrons. The van der Waals surface area contributed by atoms with Crippen LogP contribution in [-0.2, 0) is 4.79 Å². The zero-order valence-electron chi connectivity index (χ0n) is 11.9. The molecule has 1 heterocycles. The number of carbonyl (C=O) groups is 2. The van der Waals surface area contributed by atoms with E-state index in [9.17, 15) is 14.7 Å². The van der Waals surface area contributed by atoms with Crippen molar-refractivity contribution < 1.29 is 14.7 Å². The minimum Gasteiger partial charge on any atom is -0.480 e. The Labute approximate surface area is 119 Å². The Kier molecular flexibility index (Phi) is 3.61. The number of hydrogen-bond donors (Lipinski definition) is 2. The van der Waals surface area contributed by atoms with Crippen molar-refractivity contribution in [2.75, 3.05) is 6.54 Å². The largest absolute Gasteiger partial charge is 0.480 e. The van der Waals surface area contributed by atoms with E-state index in [4.69, 9.17) is 0 Å². The Bertz CT molecular complexity index is 400. The fraction of sp³-hybridized carbons (Fsp3) is 0.867. The van der Waals surface area contributed by atoms with Crippen LogP contribution in [0.15, 0.2) is 0 Å². The van der Waals surface area contributed by atoms with Gasteiger partial charge in [0.15, 0.2) is 0 Å². The summed E-state index contributed by atoms with van der Waals surface area (Å²) in [6, 6.07) is 0.185. The van der Waals surface area contributed by atoms with E-state index < -0.39 is 11.5 Å². The summed E-state index contributed by atoms with van der Waals surface area (Å²) < 4.78 is 0. The van der Waals surface area contributed by atoms with Gasteiger partial charge in [0.1, 0.15) is 5.54 Å². The van der Waals surface area contributed by atoms with Gasteiger partial charge in [0.2, 0.25) is 0 Å². The number of aliphatic carboxylic acids is 1. The van der Waals surface area contributed by atoms with Gasteiger partial charge in [-0.05, 0) is 50.9 Å². The van der Waals surface area contributed by atoms with Gasteiger partial charge in [0.05, 0.1) is 0 Å². The van der Waals surface area contributed by atoms with E-state index in [0.717, 1.165) is 25.8 Å². The van der Waals surface area contributed by atoms with Gasteiger partial charge in [-0.3, -0.25) is 0 Å². The van der Waals surface area contributed by atoms with E-state index in [2.05, 4.69) is 5.32 Å². The van der Waals surface area contributed by atoms with Gasteiger partial charge < -0.3 is 15.3 Å².